The smallest absolute Gasteiger partial charge is 0.247 e. The Labute approximate surface area is 123 Å². The highest BCUT2D eigenvalue weighted by atomic mass is 32.2. The number of fused-ring (bicyclic) bond motifs is 1. The van der Waals surface area contributed by atoms with E-state index < -0.39 is 10.0 Å². The lowest BCUT2D eigenvalue weighted by Crippen LogP contribution is -2.33. The molecule has 2 aromatic rings. The first kappa shape index (κ1) is 13.8. The number of sulfonamides is 1. The highest BCUT2D eigenvalue weighted by Crippen LogP contribution is 2.27. The van der Waals surface area contributed by atoms with E-state index in [1.54, 1.807) is 0 Å². The van der Waals surface area contributed by atoms with Crippen molar-refractivity contribution in [2.75, 3.05) is 18.9 Å². The van der Waals surface area contributed by atoms with Crippen LogP contribution in [0.2, 0.25) is 0 Å². The van der Waals surface area contributed by atoms with Crippen molar-refractivity contribution in [1.82, 2.24) is 9.29 Å². The molecule has 1 aliphatic heterocycles. The molecular weight excluding hydrogens is 290 g/mol. The largest absolute Gasteiger partial charge is 0.492 e. The fraction of sp³-hybridized carbons (Fsp3) is 0.214. The first-order valence-corrected chi connectivity index (χ1v) is 7.93. The van der Waals surface area contributed by atoms with Crippen molar-refractivity contribution in [2.45, 2.75) is 11.4 Å². The molecule has 0 saturated carbocycles. The number of nitrogen functional groups attached to an aromatic ring is 1. The first-order chi connectivity index (χ1) is 10.1. The number of benzene rings is 1. The molecule has 6 nitrogen and oxygen atoms in total. The van der Waals surface area contributed by atoms with Crippen molar-refractivity contribution in [2.24, 2.45) is 0 Å². The Kier molecular flexibility index (Phi) is 3.52. The van der Waals surface area contributed by atoms with Gasteiger partial charge in [-0.25, -0.2) is 8.42 Å². The quantitative estimate of drug-likeness (QED) is 0.902. The van der Waals surface area contributed by atoms with Gasteiger partial charge in [-0.1, -0.05) is 18.2 Å². The van der Waals surface area contributed by atoms with Gasteiger partial charge in [0, 0.05) is 31.0 Å². The molecule has 1 aromatic carbocycles. The Morgan fingerprint density at radius 2 is 2.05 bits per heavy atom. The van der Waals surface area contributed by atoms with E-state index in [0.29, 0.717) is 12.4 Å². The maximum absolute atomic E-state index is 12.7. The highest BCUT2D eigenvalue weighted by Gasteiger charge is 2.29. The molecule has 0 fully saturated rings. The minimum Gasteiger partial charge on any atom is -0.492 e. The number of pyridine rings is 1. The summed E-state index contributed by atoms with van der Waals surface area (Å²) in [7, 11) is -3.69. The van der Waals surface area contributed by atoms with Gasteiger partial charge in [0.05, 0.1) is 5.69 Å². The Morgan fingerprint density at radius 3 is 2.86 bits per heavy atom. The number of aromatic nitrogens is 1. The Balaban J connectivity index is 1.99. The number of para-hydroxylation sites is 1. The van der Waals surface area contributed by atoms with Crippen LogP contribution in [0.15, 0.2) is 47.6 Å². The number of nitrogens with two attached hydrogens (primary N) is 1. The minimum absolute atomic E-state index is 0.0318. The third kappa shape index (κ3) is 2.57. The molecule has 0 saturated heterocycles. The Bertz CT molecular complexity index is 762. The van der Waals surface area contributed by atoms with Crippen LogP contribution in [-0.2, 0) is 16.6 Å². The second kappa shape index (κ2) is 5.34. The van der Waals surface area contributed by atoms with Crippen LogP contribution in [0.3, 0.4) is 0 Å². The van der Waals surface area contributed by atoms with Crippen LogP contribution in [0.5, 0.6) is 5.75 Å². The van der Waals surface area contributed by atoms with Crippen molar-refractivity contribution in [3.05, 3.63) is 48.3 Å². The summed E-state index contributed by atoms with van der Waals surface area (Å²) in [6, 6.07) is 8.90. The fourth-order valence-electron chi connectivity index (χ4n) is 2.25. The molecule has 1 aliphatic rings. The summed E-state index contributed by atoms with van der Waals surface area (Å²) in [4.78, 5) is 3.89. The molecule has 1 aromatic heterocycles. The normalized spacial score (nSPS) is 15.8. The zero-order valence-corrected chi connectivity index (χ0v) is 12.1. The molecule has 110 valence electrons. The average molecular weight is 305 g/mol. The summed E-state index contributed by atoms with van der Waals surface area (Å²) >= 11 is 0. The lowest BCUT2D eigenvalue weighted by Gasteiger charge is -2.20. The second-order valence-corrected chi connectivity index (χ2v) is 6.61. The summed E-state index contributed by atoms with van der Waals surface area (Å²) in [6.45, 7) is 0.828. The molecule has 3 rings (SSSR count). The molecule has 0 atom stereocenters. The molecule has 0 spiro atoms. The van der Waals surface area contributed by atoms with Crippen molar-refractivity contribution < 1.29 is 13.2 Å². The first-order valence-electron chi connectivity index (χ1n) is 6.49. The van der Waals surface area contributed by atoms with E-state index in [2.05, 4.69) is 4.98 Å². The molecule has 2 N–H and O–H groups in total. The van der Waals surface area contributed by atoms with Gasteiger partial charge in [0.25, 0.3) is 0 Å². The molecule has 2 heterocycles. The van der Waals surface area contributed by atoms with Gasteiger partial charge >= 0.3 is 0 Å². The maximum atomic E-state index is 12.7. The second-order valence-electron chi connectivity index (χ2n) is 4.71. The molecule has 0 radical (unpaired) electrons. The predicted molar refractivity (Wildman–Crippen MR) is 78.2 cm³/mol. The number of rotatable bonds is 2. The van der Waals surface area contributed by atoms with E-state index in [4.69, 9.17) is 10.5 Å². The van der Waals surface area contributed by atoms with Gasteiger partial charge in [0.1, 0.15) is 17.3 Å². The summed E-state index contributed by atoms with van der Waals surface area (Å²) in [6.07, 6.45) is 2.75. The van der Waals surface area contributed by atoms with E-state index in [0.717, 1.165) is 5.56 Å². The lowest BCUT2D eigenvalue weighted by atomic mass is 10.2. The van der Waals surface area contributed by atoms with Gasteiger partial charge in [-0.05, 0) is 12.1 Å². The van der Waals surface area contributed by atoms with E-state index in [-0.39, 0.29) is 23.7 Å². The number of anilines is 1. The minimum atomic E-state index is -3.69. The highest BCUT2D eigenvalue weighted by molar-refractivity contribution is 7.89. The number of nitrogens with zero attached hydrogens (tertiary/aromatic N) is 2. The van der Waals surface area contributed by atoms with E-state index >= 15 is 0 Å². The number of ether oxygens (including phenoxy) is 1. The molecule has 0 amide bonds. The number of hydrogen-bond donors (Lipinski definition) is 1. The van der Waals surface area contributed by atoms with Gasteiger partial charge in [-0.15, -0.1) is 0 Å². The van der Waals surface area contributed by atoms with Gasteiger partial charge in [-0.3, -0.25) is 4.98 Å². The van der Waals surface area contributed by atoms with E-state index in [9.17, 15) is 8.42 Å². The topological polar surface area (TPSA) is 85.5 Å². The molecule has 0 bridgehead atoms. The summed E-state index contributed by atoms with van der Waals surface area (Å²) in [5.74, 6) is 0.717. The SMILES string of the molecule is Nc1ccncc1S(=O)(=O)N1CCOc2ccccc2C1. The van der Waals surface area contributed by atoms with Crippen molar-refractivity contribution >= 4 is 15.7 Å². The molecule has 7 heteroatoms. The molecular formula is C14H15N3O3S. The fourth-order valence-corrected chi connectivity index (χ4v) is 3.71. The van der Waals surface area contributed by atoms with E-state index in [1.807, 2.05) is 24.3 Å². The average Bonchev–Trinajstić information content (AvgIpc) is 2.70. The molecule has 21 heavy (non-hydrogen) atoms. The standard InChI is InChI=1S/C14H15N3O3S/c15-12-5-6-16-9-14(12)21(18,19)17-7-8-20-13-4-2-1-3-11(13)10-17/h1-6,9H,7-8,10H2,(H2,15,16). The van der Waals surface area contributed by atoms with Crippen LogP contribution in [-0.4, -0.2) is 30.9 Å². The predicted octanol–water partition coefficient (Wildman–Crippen LogP) is 1.25. The van der Waals surface area contributed by atoms with E-state index in [1.165, 1.54) is 22.8 Å². The zero-order valence-electron chi connectivity index (χ0n) is 11.3. The summed E-state index contributed by atoms with van der Waals surface area (Å²) in [5, 5.41) is 0. The van der Waals surface area contributed by atoms with Crippen molar-refractivity contribution in [1.29, 1.82) is 0 Å². The Hall–Kier alpha value is -2.12. The summed E-state index contributed by atoms with van der Waals surface area (Å²) < 4.78 is 32.4. The van der Waals surface area contributed by atoms with Gasteiger partial charge in [0.2, 0.25) is 10.0 Å². The van der Waals surface area contributed by atoms with Crippen molar-refractivity contribution in [3.8, 4) is 5.75 Å². The third-order valence-corrected chi connectivity index (χ3v) is 5.24. The molecule has 0 unspecified atom stereocenters. The van der Waals surface area contributed by atoms with Crippen LogP contribution in [0.4, 0.5) is 5.69 Å². The van der Waals surface area contributed by atoms with Crippen LogP contribution in [0, 0.1) is 0 Å². The van der Waals surface area contributed by atoms with Gasteiger partial charge < -0.3 is 10.5 Å². The zero-order chi connectivity index (χ0) is 14.9. The third-order valence-electron chi connectivity index (χ3n) is 3.35. The van der Waals surface area contributed by atoms with Gasteiger partial charge in [-0.2, -0.15) is 4.31 Å². The van der Waals surface area contributed by atoms with Crippen LogP contribution < -0.4 is 10.5 Å². The van der Waals surface area contributed by atoms with Crippen LogP contribution in [0.1, 0.15) is 5.56 Å². The van der Waals surface area contributed by atoms with Crippen molar-refractivity contribution in [3.63, 3.8) is 0 Å². The van der Waals surface area contributed by atoms with Crippen LogP contribution >= 0.6 is 0 Å². The maximum Gasteiger partial charge on any atom is 0.247 e. The Morgan fingerprint density at radius 1 is 1.24 bits per heavy atom. The summed E-state index contributed by atoms with van der Waals surface area (Å²) in [5.41, 5.74) is 6.80. The van der Waals surface area contributed by atoms with Crippen LogP contribution in [0.25, 0.3) is 0 Å². The lowest BCUT2D eigenvalue weighted by molar-refractivity contribution is 0.293. The monoisotopic (exact) mass is 305 g/mol. The van der Waals surface area contributed by atoms with Gasteiger partial charge in [0.15, 0.2) is 0 Å². The molecule has 0 aliphatic carbocycles. The number of hydrogen-bond acceptors (Lipinski definition) is 5.